The SMILES string of the molecule is CNC(=O)C1CN(C(=O)c2ccccc2N2CCCCC2)CCO1. The highest BCUT2D eigenvalue weighted by Crippen LogP contribution is 2.25. The van der Waals surface area contributed by atoms with E-state index in [0.717, 1.165) is 24.3 Å². The Morgan fingerprint density at radius 3 is 2.62 bits per heavy atom. The van der Waals surface area contributed by atoms with Gasteiger partial charge in [-0.05, 0) is 31.4 Å². The summed E-state index contributed by atoms with van der Waals surface area (Å²) in [6.07, 6.45) is 3.00. The summed E-state index contributed by atoms with van der Waals surface area (Å²) in [5, 5.41) is 2.59. The van der Waals surface area contributed by atoms with Crippen LogP contribution in [0.4, 0.5) is 5.69 Å². The molecule has 1 aromatic carbocycles. The van der Waals surface area contributed by atoms with Crippen LogP contribution in [0, 0.1) is 0 Å². The third-order valence-corrected chi connectivity index (χ3v) is 4.72. The Bertz CT molecular complexity index is 599. The Kier molecular flexibility index (Phi) is 5.35. The van der Waals surface area contributed by atoms with E-state index in [1.165, 1.54) is 19.3 Å². The van der Waals surface area contributed by atoms with Crippen LogP contribution in [0.3, 0.4) is 0 Å². The number of hydrogen-bond donors (Lipinski definition) is 1. The Hall–Kier alpha value is -2.08. The molecule has 0 spiro atoms. The molecule has 2 amide bonds. The minimum absolute atomic E-state index is 0.0200. The highest BCUT2D eigenvalue weighted by atomic mass is 16.5. The lowest BCUT2D eigenvalue weighted by molar-refractivity contribution is -0.136. The Labute approximate surface area is 142 Å². The molecule has 1 atom stereocenters. The van der Waals surface area contributed by atoms with E-state index in [2.05, 4.69) is 10.2 Å². The molecule has 0 radical (unpaired) electrons. The van der Waals surface area contributed by atoms with Crippen molar-refractivity contribution >= 4 is 17.5 Å². The molecular weight excluding hydrogens is 306 g/mol. The number of morpholine rings is 1. The highest BCUT2D eigenvalue weighted by molar-refractivity contribution is 6.00. The van der Waals surface area contributed by atoms with E-state index < -0.39 is 6.10 Å². The van der Waals surface area contributed by atoms with E-state index >= 15 is 0 Å². The predicted molar refractivity (Wildman–Crippen MR) is 92.2 cm³/mol. The molecule has 1 N–H and O–H groups in total. The van der Waals surface area contributed by atoms with Gasteiger partial charge in [-0.25, -0.2) is 0 Å². The van der Waals surface area contributed by atoms with Crippen molar-refractivity contribution in [1.82, 2.24) is 10.2 Å². The zero-order valence-corrected chi connectivity index (χ0v) is 14.2. The fourth-order valence-electron chi connectivity index (χ4n) is 3.39. The quantitative estimate of drug-likeness (QED) is 0.906. The maximum absolute atomic E-state index is 13.0. The van der Waals surface area contributed by atoms with Gasteiger partial charge in [0.25, 0.3) is 11.8 Å². The van der Waals surface area contributed by atoms with Gasteiger partial charge in [-0.3, -0.25) is 9.59 Å². The number of likely N-dealkylation sites (N-methyl/N-ethyl adjacent to an activating group) is 1. The summed E-state index contributed by atoms with van der Waals surface area (Å²) in [5.74, 6) is -0.204. The fourth-order valence-corrected chi connectivity index (χ4v) is 3.39. The summed E-state index contributed by atoms with van der Waals surface area (Å²) in [4.78, 5) is 28.9. The molecular formula is C18H25N3O3. The molecule has 2 heterocycles. The van der Waals surface area contributed by atoms with Crippen molar-refractivity contribution in [2.24, 2.45) is 0 Å². The zero-order valence-electron chi connectivity index (χ0n) is 14.2. The van der Waals surface area contributed by atoms with Gasteiger partial charge in [0.15, 0.2) is 6.10 Å². The van der Waals surface area contributed by atoms with Crippen molar-refractivity contribution in [2.45, 2.75) is 25.4 Å². The van der Waals surface area contributed by atoms with Gasteiger partial charge in [0, 0.05) is 32.4 Å². The van der Waals surface area contributed by atoms with Gasteiger partial charge in [-0.15, -0.1) is 0 Å². The largest absolute Gasteiger partial charge is 0.371 e. The average molecular weight is 331 g/mol. The first-order valence-electron chi connectivity index (χ1n) is 8.67. The number of rotatable bonds is 3. The van der Waals surface area contributed by atoms with Crippen molar-refractivity contribution in [3.8, 4) is 0 Å². The molecule has 2 aliphatic rings. The first kappa shape index (κ1) is 16.8. The molecule has 0 aromatic heterocycles. The lowest BCUT2D eigenvalue weighted by Gasteiger charge is -2.34. The number of hydrogen-bond acceptors (Lipinski definition) is 4. The summed E-state index contributed by atoms with van der Waals surface area (Å²) in [6.45, 7) is 3.19. The lowest BCUT2D eigenvalue weighted by atomic mass is 10.1. The molecule has 2 saturated heterocycles. The maximum atomic E-state index is 13.0. The van der Waals surface area contributed by atoms with Gasteiger partial charge >= 0.3 is 0 Å². The number of carbonyl (C=O) groups excluding carboxylic acids is 2. The van der Waals surface area contributed by atoms with Gasteiger partial charge in [0.1, 0.15) is 0 Å². The molecule has 130 valence electrons. The number of amides is 2. The highest BCUT2D eigenvalue weighted by Gasteiger charge is 2.30. The van der Waals surface area contributed by atoms with E-state index in [9.17, 15) is 9.59 Å². The van der Waals surface area contributed by atoms with E-state index in [4.69, 9.17) is 4.74 Å². The van der Waals surface area contributed by atoms with Crippen LogP contribution in [0.2, 0.25) is 0 Å². The Balaban J connectivity index is 1.78. The van der Waals surface area contributed by atoms with Crippen LogP contribution in [0.25, 0.3) is 0 Å². The van der Waals surface area contributed by atoms with Crippen LogP contribution >= 0.6 is 0 Å². The van der Waals surface area contributed by atoms with Crippen LogP contribution in [0.15, 0.2) is 24.3 Å². The molecule has 2 fully saturated rings. The summed E-state index contributed by atoms with van der Waals surface area (Å²) in [5.41, 5.74) is 1.72. The fraction of sp³-hybridized carbons (Fsp3) is 0.556. The number of nitrogens with one attached hydrogen (secondary N) is 1. The second kappa shape index (κ2) is 7.66. The van der Waals surface area contributed by atoms with E-state index in [0.29, 0.717) is 19.7 Å². The topological polar surface area (TPSA) is 61.9 Å². The summed E-state index contributed by atoms with van der Waals surface area (Å²) >= 11 is 0. The van der Waals surface area contributed by atoms with Crippen LogP contribution in [-0.4, -0.2) is 62.7 Å². The molecule has 0 saturated carbocycles. The van der Waals surface area contributed by atoms with Gasteiger partial charge in [0.05, 0.1) is 18.7 Å². The van der Waals surface area contributed by atoms with Crippen molar-refractivity contribution in [3.05, 3.63) is 29.8 Å². The monoisotopic (exact) mass is 331 g/mol. The normalized spacial score (nSPS) is 21.5. The molecule has 3 rings (SSSR count). The predicted octanol–water partition coefficient (Wildman–Crippen LogP) is 1.26. The zero-order chi connectivity index (χ0) is 16.9. The molecule has 2 aliphatic heterocycles. The van der Waals surface area contributed by atoms with Crippen LogP contribution < -0.4 is 10.2 Å². The molecule has 1 unspecified atom stereocenters. The molecule has 1 aromatic rings. The number of ether oxygens (including phenoxy) is 1. The molecule has 6 nitrogen and oxygen atoms in total. The Morgan fingerprint density at radius 1 is 1.12 bits per heavy atom. The minimum Gasteiger partial charge on any atom is -0.371 e. The number of carbonyl (C=O) groups is 2. The number of anilines is 1. The molecule has 24 heavy (non-hydrogen) atoms. The maximum Gasteiger partial charge on any atom is 0.256 e. The van der Waals surface area contributed by atoms with Gasteiger partial charge in [-0.2, -0.15) is 0 Å². The van der Waals surface area contributed by atoms with Crippen LogP contribution in [-0.2, 0) is 9.53 Å². The second-order valence-electron chi connectivity index (χ2n) is 6.29. The first-order valence-corrected chi connectivity index (χ1v) is 8.67. The van der Waals surface area contributed by atoms with Crippen molar-refractivity contribution in [3.63, 3.8) is 0 Å². The first-order chi connectivity index (χ1) is 11.7. The number of benzene rings is 1. The second-order valence-corrected chi connectivity index (χ2v) is 6.29. The third kappa shape index (κ3) is 3.53. The van der Waals surface area contributed by atoms with Crippen LogP contribution in [0.5, 0.6) is 0 Å². The van der Waals surface area contributed by atoms with Gasteiger partial charge in [0.2, 0.25) is 0 Å². The van der Waals surface area contributed by atoms with E-state index in [-0.39, 0.29) is 11.8 Å². The standard InChI is InChI=1S/C18H25N3O3/c1-19-17(22)16-13-21(11-12-24-16)18(23)14-7-3-4-8-15(14)20-9-5-2-6-10-20/h3-4,7-8,16H,2,5-6,9-13H2,1H3,(H,19,22). The smallest absolute Gasteiger partial charge is 0.256 e. The van der Waals surface area contributed by atoms with E-state index in [1.54, 1.807) is 11.9 Å². The lowest BCUT2D eigenvalue weighted by Crippen LogP contribution is -2.51. The molecule has 6 heteroatoms. The third-order valence-electron chi connectivity index (χ3n) is 4.72. The van der Waals surface area contributed by atoms with Crippen molar-refractivity contribution in [1.29, 1.82) is 0 Å². The molecule has 0 aliphatic carbocycles. The minimum atomic E-state index is -0.588. The number of piperidine rings is 1. The summed E-state index contributed by atoms with van der Waals surface area (Å²) in [7, 11) is 1.58. The van der Waals surface area contributed by atoms with Gasteiger partial charge in [-0.1, -0.05) is 12.1 Å². The van der Waals surface area contributed by atoms with Crippen LogP contribution in [0.1, 0.15) is 29.6 Å². The average Bonchev–Trinajstić information content (AvgIpc) is 2.67. The Morgan fingerprint density at radius 2 is 1.88 bits per heavy atom. The number of para-hydroxylation sites is 1. The van der Waals surface area contributed by atoms with Crippen molar-refractivity contribution < 1.29 is 14.3 Å². The number of nitrogens with zero attached hydrogens (tertiary/aromatic N) is 2. The summed E-state index contributed by atoms with van der Waals surface area (Å²) in [6, 6.07) is 7.79. The van der Waals surface area contributed by atoms with Crippen molar-refractivity contribution in [2.75, 3.05) is 44.7 Å². The molecule has 0 bridgehead atoms. The van der Waals surface area contributed by atoms with E-state index in [1.807, 2.05) is 24.3 Å². The summed E-state index contributed by atoms with van der Waals surface area (Å²) < 4.78 is 5.48. The van der Waals surface area contributed by atoms with Gasteiger partial charge < -0.3 is 19.9 Å².